The summed E-state index contributed by atoms with van der Waals surface area (Å²) in [5.41, 5.74) is 0. The summed E-state index contributed by atoms with van der Waals surface area (Å²) in [5, 5.41) is 5.96. The highest BCUT2D eigenvalue weighted by Crippen LogP contribution is 2.31. The molecule has 2 rings (SSSR count). The van der Waals surface area contributed by atoms with Crippen LogP contribution in [0.1, 0.15) is 63.3 Å². The van der Waals surface area contributed by atoms with Crippen molar-refractivity contribution in [3.8, 4) is 0 Å². The van der Waals surface area contributed by atoms with Crippen LogP contribution in [0, 0.1) is 5.92 Å². The molecule has 18 heavy (non-hydrogen) atoms. The fourth-order valence-electron chi connectivity index (χ4n) is 3.03. The smallest absolute Gasteiger partial charge is 0.0399 e. The molecule has 1 aliphatic rings. The summed E-state index contributed by atoms with van der Waals surface area (Å²) in [4.78, 5) is 1.43. The topological polar surface area (TPSA) is 12.0 Å². The van der Waals surface area contributed by atoms with Crippen molar-refractivity contribution in [3.63, 3.8) is 0 Å². The summed E-state index contributed by atoms with van der Waals surface area (Å²) >= 11 is 5.48. The van der Waals surface area contributed by atoms with E-state index in [4.69, 9.17) is 0 Å². The van der Waals surface area contributed by atoms with E-state index < -0.39 is 0 Å². The first kappa shape index (κ1) is 14.5. The third-order valence-corrected chi connectivity index (χ3v) is 6.21. The predicted octanol–water partition coefficient (Wildman–Crippen LogP) is 5.52. The summed E-state index contributed by atoms with van der Waals surface area (Å²) < 4.78 is 1.25. The Morgan fingerprint density at radius 1 is 1.22 bits per heavy atom. The molecule has 1 nitrogen and oxygen atoms in total. The van der Waals surface area contributed by atoms with Crippen LogP contribution in [0.2, 0.25) is 0 Å². The normalized spacial score (nSPS) is 21.5. The number of rotatable bonds is 4. The zero-order chi connectivity index (χ0) is 13.0. The van der Waals surface area contributed by atoms with Gasteiger partial charge in [0.15, 0.2) is 0 Å². The summed E-state index contributed by atoms with van der Waals surface area (Å²) in [7, 11) is 0. The second kappa shape index (κ2) is 7.06. The third kappa shape index (κ3) is 3.82. The van der Waals surface area contributed by atoms with Crippen LogP contribution in [0.4, 0.5) is 0 Å². The van der Waals surface area contributed by atoms with Crippen LogP contribution in [0.25, 0.3) is 0 Å². The lowest BCUT2D eigenvalue weighted by Crippen LogP contribution is -2.35. The van der Waals surface area contributed by atoms with Crippen molar-refractivity contribution in [1.29, 1.82) is 0 Å². The molecule has 1 aromatic rings. The molecule has 3 heteroatoms. The SMILES string of the molecule is CC(N[C@H](C)C1CCCCCC1)c1sccc1Br. The van der Waals surface area contributed by atoms with E-state index >= 15 is 0 Å². The molecule has 0 saturated heterocycles. The van der Waals surface area contributed by atoms with Gasteiger partial charge in [0, 0.05) is 21.4 Å². The van der Waals surface area contributed by atoms with Gasteiger partial charge in [-0.25, -0.2) is 0 Å². The molecule has 0 aromatic carbocycles. The summed E-state index contributed by atoms with van der Waals surface area (Å²) in [6.45, 7) is 4.65. The average molecular weight is 330 g/mol. The number of nitrogens with one attached hydrogen (secondary N) is 1. The van der Waals surface area contributed by atoms with Crippen molar-refractivity contribution < 1.29 is 0 Å². The molecule has 0 spiro atoms. The monoisotopic (exact) mass is 329 g/mol. The molecule has 102 valence electrons. The predicted molar refractivity (Wildman–Crippen MR) is 84.2 cm³/mol. The zero-order valence-electron chi connectivity index (χ0n) is 11.4. The summed E-state index contributed by atoms with van der Waals surface area (Å²) in [5.74, 6) is 0.869. The number of hydrogen-bond donors (Lipinski definition) is 1. The van der Waals surface area contributed by atoms with Crippen molar-refractivity contribution in [2.45, 2.75) is 64.5 Å². The largest absolute Gasteiger partial charge is 0.307 e. The molecule has 0 radical (unpaired) electrons. The quantitative estimate of drug-likeness (QED) is 0.717. The molecule has 1 fully saturated rings. The van der Waals surface area contributed by atoms with Gasteiger partial charge in [-0.1, -0.05) is 25.7 Å². The Bertz CT molecular complexity index is 355. The van der Waals surface area contributed by atoms with E-state index in [0.29, 0.717) is 12.1 Å². The summed E-state index contributed by atoms with van der Waals surface area (Å²) in [6, 6.07) is 3.24. The van der Waals surface area contributed by atoms with E-state index in [9.17, 15) is 0 Å². The fourth-order valence-corrected chi connectivity index (χ4v) is 4.77. The van der Waals surface area contributed by atoms with Crippen LogP contribution < -0.4 is 5.32 Å². The van der Waals surface area contributed by atoms with Crippen molar-refractivity contribution >= 4 is 27.3 Å². The Hall–Kier alpha value is 0.140. The second-order valence-corrected chi connectivity index (χ2v) is 7.36. The molecule has 1 aliphatic carbocycles. The summed E-state index contributed by atoms with van der Waals surface area (Å²) in [6.07, 6.45) is 8.55. The molecule has 1 heterocycles. The first-order valence-corrected chi connectivity index (χ1v) is 8.84. The lowest BCUT2D eigenvalue weighted by Gasteiger charge is -2.27. The molecule has 1 saturated carbocycles. The molecule has 1 aromatic heterocycles. The van der Waals surface area contributed by atoms with E-state index in [2.05, 4.69) is 46.5 Å². The van der Waals surface area contributed by atoms with Crippen molar-refractivity contribution in [1.82, 2.24) is 5.32 Å². The number of thiophene rings is 1. The van der Waals surface area contributed by atoms with Gasteiger partial charge in [-0.3, -0.25) is 0 Å². The van der Waals surface area contributed by atoms with Crippen molar-refractivity contribution in [2.75, 3.05) is 0 Å². The van der Waals surface area contributed by atoms with Gasteiger partial charge in [0.05, 0.1) is 0 Å². The maximum atomic E-state index is 3.80. The number of hydrogen-bond acceptors (Lipinski definition) is 2. The molecule has 2 atom stereocenters. The Kier molecular flexibility index (Phi) is 5.71. The Morgan fingerprint density at radius 3 is 2.44 bits per heavy atom. The van der Waals surface area contributed by atoms with E-state index in [1.165, 1.54) is 47.9 Å². The van der Waals surface area contributed by atoms with Crippen LogP contribution in [0.3, 0.4) is 0 Å². The van der Waals surface area contributed by atoms with Gasteiger partial charge < -0.3 is 5.32 Å². The van der Waals surface area contributed by atoms with Crippen LogP contribution >= 0.6 is 27.3 Å². The van der Waals surface area contributed by atoms with Crippen molar-refractivity contribution in [2.24, 2.45) is 5.92 Å². The highest BCUT2D eigenvalue weighted by Gasteiger charge is 2.21. The molecular formula is C15H24BrNS. The van der Waals surface area contributed by atoms with Gasteiger partial charge in [-0.15, -0.1) is 11.3 Å². The molecule has 0 aliphatic heterocycles. The maximum absolute atomic E-state index is 3.80. The first-order chi connectivity index (χ1) is 8.68. The minimum absolute atomic E-state index is 0.456. The molecule has 1 N–H and O–H groups in total. The lowest BCUT2D eigenvalue weighted by molar-refractivity contribution is 0.317. The maximum Gasteiger partial charge on any atom is 0.0399 e. The average Bonchev–Trinajstić information content (AvgIpc) is 2.63. The van der Waals surface area contributed by atoms with E-state index in [1.54, 1.807) is 0 Å². The zero-order valence-corrected chi connectivity index (χ0v) is 13.8. The Balaban J connectivity index is 1.90. The first-order valence-electron chi connectivity index (χ1n) is 7.17. The van der Waals surface area contributed by atoms with Gasteiger partial charge >= 0.3 is 0 Å². The molecule has 1 unspecified atom stereocenters. The standard InChI is InChI=1S/C15H24BrNS/c1-11(13-7-5-3-4-6-8-13)17-12(2)15-14(16)9-10-18-15/h9-13,17H,3-8H2,1-2H3/t11-,12?/m1/s1. The van der Waals surface area contributed by atoms with Crippen LogP contribution in [-0.4, -0.2) is 6.04 Å². The molecular weight excluding hydrogens is 306 g/mol. The van der Waals surface area contributed by atoms with Gasteiger partial charge in [0.25, 0.3) is 0 Å². The van der Waals surface area contributed by atoms with Crippen LogP contribution in [0.15, 0.2) is 15.9 Å². The van der Waals surface area contributed by atoms with Crippen LogP contribution in [-0.2, 0) is 0 Å². The van der Waals surface area contributed by atoms with Crippen LogP contribution in [0.5, 0.6) is 0 Å². The number of halogens is 1. The fraction of sp³-hybridized carbons (Fsp3) is 0.733. The Morgan fingerprint density at radius 2 is 1.89 bits per heavy atom. The van der Waals surface area contributed by atoms with Gasteiger partial charge in [-0.05, 0) is 60.0 Å². The second-order valence-electron chi connectivity index (χ2n) is 5.56. The lowest BCUT2D eigenvalue weighted by atomic mass is 9.92. The molecule has 0 bridgehead atoms. The minimum atomic E-state index is 0.456. The van der Waals surface area contributed by atoms with Gasteiger partial charge in [0.1, 0.15) is 0 Å². The molecule has 0 amide bonds. The highest BCUT2D eigenvalue weighted by molar-refractivity contribution is 9.10. The minimum Gasteiger partial charge on any atom is -0.307 e. The van der Waals surface area contributed by atoms with Gasteiger partial charge in [-0.2, -0.15) is 0 Å². The van der Waals surface area contributed by atoms with Gasteiger partial charge in [0.2, 0.25) is 0 Å². The van der Waals surface area contributed by atoms with E-state index in [0.717, 1.165) is 5.92 Å². The Labute approximate surface area is 123 Å². The highest BCUT2D eigenvalue weighted by atomic mass is 79.9. The van der Waals surface area contributed by atoms with E-state index in [1.807, 2.05) is 11.3 Å². The van der Waals surface area contributed by atoms with E-state index in [-0.39, 0.29) is 0 Å². The third-order valence-electron chi connectivity index (χ3n) is 4.16. The van der Waals surface area contributed by atoms with Crippen molar-refractivity contribution in [3.05, 3.63) is 20.8 Å².